The Morgan fingerprint density at radius 1 is 0.906 bits per heavy atom. The number of anilines is 1. The fraction of sp³-hybridized carbons (Fsp3) is 0.400. The van der Waals surface area contributed by atoms with Crippen molar-refractivity contribution in [2.24, 2.45) is 0 Å². The van der Waals surface area contributed by atoms with Crippen LogP contribution in [0, 0.1) is 11.6 Å². The van der Waals surface area contributed by atoms with Gasteiger partial charge in [-0.15, -0.1) is 0 Å². The number of hydrogen-bond acceptors (Lipinski definition) is 4. The van der Waals surface area contributed by atoms with Gasteiger partial charge in [0.15, 0.2) is 0 Å². The molecule has 1 aliphatic carbocycles. The first-order valence-corrected chi connectivity index (χ1v) is 11.2. The summed E-state index contributed by atoms with van der Waals surface area (Å²) in [5.74, 6) is -0.265. The SMILES string of the molecule is COc1ccc(N2CCN(C3CCC(n4ccc(-c5ccc(F)cc5F)n4)C3)CC2)cc1. The maximum Gasteiger partial charge on any atom is 0.135 e. The molecular weight excluding hydrogens is 410 g/mol. The fourth-order valence-electron chi connectivity index (χ4n) is 5.03. The van der Waals surface area contributed by atoms with E-state index in [-0.39, 0.29) is 0 Å². The average molecular weight is 439 g/mol. The van der Waals surface area contributed by atoms with E-state index in [0.29, 0.717) is 23.3 Å². The molecule has 5 nitrogen and oxygen atoms in total. The topological polar surface area (TPSA) is 33.5 Å². The first kappa shape index (κ1) is 20.9. The Morgan fingerprint density at radius 3 is 2.38 bits per heavy atom. The monoisotopic (exact) mass is 438 g/mol. The molecule has 0 N–H and O–H groups in total. The van der Waals surface area contributed by atoms with E-state index in [0.717, 1.165) is 57.3 Å². The lowest BCUT2D eigenvalue weighted by Crippen LogP contribution is -2.49. The third-order valence-corrected chi connectivity index (χ3v) is 6.84. The molecule has 168 valence electrons. The van der Waals surface area contributed by atoms with Crippen LogP contribution in [0.1, 0.15) is 25.3 Å². The van der Waals surface area contributed by atoms with Crippen LogP contribution < -0.4 is 9.64 Å². The maximum absolute atomic E-state index is 14.1. The minimum Gasteiger partial charge on any atom is -0.497 e. The van der Waals surface area contributed by atoms with E-state index in [1.807, 2.05) is 29.1 Å². The number of ether oxygens (including phenoxy) is 1. The van der Waals surface area contributed by atoms with E-state index in [9.17, 15) is 8.78 Å². The first-order valence-electron chi connectivity index (χ1n) is 11.2. The molecule has 0 spiro atoms. The van der Waals surface area contributed by atoms with Crippen LogP contribution >= 0.6 is 0 Å². The summed E-state index contributed by atoms with van der Waals surface area (Å²) in [5.41, 5.74) is 2.14. The second kappa shape index (κ2) is 8.90. The molecule has 1 saturated heterocycles. The zero-order valence-electron chi connectivity index (χ0n) is 18.3. The van der Waals surface area contributed by atoms with Gasteiger partial charge in [-0.25, -0.2) is 8.78 Å². The van der Waals surface area contributed by atoms with Gasteiger partial charge >= 0.3 is 0 Å². The zero-order valence-corrected chi connectivity index (χ0v) is 18.3. The molecule has 2 aliphatic rings. The highest BCUT2D eigenvalue weighted by atomic mass is 19.1. The van der Waals surface area contributed by atoms with E-state index in [2.05, 4.69) is 27.0 Å². The number of halogens is 2. The lowest BCUT2D eigenvalue weighted by atomic mass is 10.1. The van der Waals surface area contributed by atoms with Crippen molar-refractivity contribution in [2.75, 3.05) is 38.2 Å². The molecular formula is C25H28F2N4O. The number of rotatable bonds is 5. The molecule has 2 fully saturated rings. The van der Waals surface area contributed by atoms with Gasteiger partial charge in [0, 0.05) is 55.7 Å². The molecule has 1 aromatic heterocycles. The summed E-state index contributed by atoms with van der Waals surface area (Å²) in [6, 6.07) is 14.6. The molecule has 2 atom stereocenters. The Bertz CT molecular complexity index is 1060. The zero-order chi connectivity index (χ0) is 22.1. The summed E-state index contributed by atoms with van der Waals surface area (Å²) >= 11 is 0. The van der Waals surface area contributed by atoms with Gasteiger partial charge in [0.1, 0.15) is 17.4 Å². The van der Waals surface area contributed by atoms with Gasteiger partial charge in [-0.3, -0.25) is 9.58 Å². The average Bonchev–Trinajstić information content (AvgIpc) is 3.49. The summed E-state index contributed by atoms with van der Waals surface area (Å²) in [5, 5.41) is 4.62. The lowest BCUT2D eigenvalue weighted by molar-refractivity contribution is 0.183. The molecule has 0 radical (unpaired) electrons. The number of benzene rings is 2. The predicted molar refractivity (Wildman–Crippen MR) is 121 cm³/mol. The summed E-state index contributed by atoms with van der Waals surface area (Å²) in [4.78, 5) is 5.03. The molecule has 7 heteroatoms. The normalized spacial score (nSPS) is 21.8. The minimum absolute atomic E-state index is 0.317. The standard InChI is InChI=1S/C25H28F2N4O/c1-32-22-7-5-19(6-8-22)29-12-14-30(15-13-29)20-3-4-21(17-20)31-11-10-25(28-31)23-9-2-18(26)16-24(23)27/h2,5-11,16,20-21H,3-4,12-15,17H2,1H3. The van der Waals surface area contributed by atoms with Crippen LogP contribution in [0.4, 0.5) is 14.5 Å². The van der Waals surface area contributed by atoms with E-state index in [4.69, 9.17) is 4.74 Å². The molecule has 32 heavy (non-hydrogen) atoms. The van der Waals surface area contributed by atoms with Crippen molar-refractivity contribution in [2.45, 2.75) is 31.3 Å². The minimum atomic E-state index is -0.575. The summed E-state index contributed by atoms with van der Waals surface area (Å²) in [6.07, 6.45) is 5.19. The van der Waals surface area contributed by atoms with Gasteiger partial charge in [-0.1, -0.05) is 0 Å². The maximum atomic E-state index is 14.1. The van der Waals surface area contributed by atoms with Crippen molar-refractivity contribution in [3.63, 3.8) is 0 Å². The molecule has 5 rings (SSSR count). The highest BCUT2D eigenvalue weighted by Crippen LogP contribution is 2.34. The largest absolute Gasteiger partial charge is 0.497 e. The predicted octanol–water partition coefficient (Wildman–Crippen LogP) is 4.75. The van der Waals surface area contributed by atoms with Crippen molar-refractivity contribution < 1.29 is 13.5 Å². The summed E-state index contributed by atoms with van der Waals surface area (Å²) in [6.45, 7) is 4.13. The van der Waals surface area contributed by atoms with Gasteiger partial charge in [-0.05, 0) is 61.7 Å². The van der Waals surface area contributed by atoms with Gasteiger partial charge in [0.25, 0.3) is 0 Å². The second-order valence-electron chi connectivity index (χ2n) is 8.65. The molecule has 1 aliphatic heterocycles. The Hall–Kier alpha value is -2.93. The molecule has 2 heterocycles. The fourth-order valence-corrected chi connectivity index (χ4v) is 5.03. The van der Waals surface area contributed by atoms with Crippen LogP contribution in [0.15, 0.2) is 54.7 Å². The third kappa shape index (κ3) is 4.21. The van der Waals surface area contributed by atoms with Gasteiger partial charge < -0.3 is 9.64 Å². The third-order valence-electron chi connectivity index (χ3n) is 6.84. The van der Waals surface area contributed by atoms with E-state index >= 15 is 0 Å². The van der Waals surface area contributed by atoms with Crippen LogP contribution in [0.5, 0.6) is 5.75 Å². The number of methoxy groups -OCH3 is 1. The van der Waals surface area contributed by atoms with Crippen molar-refractivity contribution >= 4 is 5.69 Å². The number of piperazine rings is 1. The van der Waals surface area contributed by atoms with E-state index < -0.39 is 11.6 Å². The highest BCUT2D eigenvalue weighted by molar-refractivity contribution is 5.59. The lowest BCUT2D eigenvalue weighted by Gasteiger charge is -2.39. The number of aromatic nitrogens is 2. The van der Waals surface area contributed by atoms with Crippen LogP contribution in [0.3, 0.4) is 0 Å². The Morgan fingerprint density at radius 2 is 1.66 bits per heavy atom. The van der Waals surface area contributed by atoms with Crippen molar-refractivity contribution in [1.29, 1.82) is 0 Å². The van der Waals surface area contributed by atoms with Gasteiger partial charge in [-0.2, -0.15) is 5.10 Å². The molecule has 2 unspecified atom stereocenters. The molecule has 2 aromatic carbocycles. The molecule has 1 saturated carbocycles. The van der Waals surface area contributed by atoms with E-state index in [1.165, 1.54) is 17.8 Å². The second-order valence-corrected chi connectivity index (χ2v) is 8.65. The smallest absolute Gasteiger partial charge is 0.135 e. The van der Waals surface area contributed by atoms with Gasteiger partial charge in [0.05, 0.1) is 18.8 Å². The molecule has 0 amide bonds. The first-order chi connectivity index (χ1) is 15.6. The van der Waals surface area contributed by atoms with Crippen LogP contribution in [-0.4, -0.2) is 54.0 Å². The van der Waals surface area contributed by atoms with Crippen molar-refractivity contribution in [3.05, 3.63) is 66.4 Å². The number of nitrogens with zero attached hydrogens (tertiary/aromatic N) is 4. The number of hydrogen-bond donors (Lipinski definition) is 0. The quantitative estimate of drug-likeness (QED) is 0.576. The van der Waals surface area contributed by atoms with Crippen LogP contribution in [-0.2, 0) is 0 Å². The summed E-state index contributed by atoms with van der Waals surface area (Å²) < 4.78 is 34.5. The Labute approximate surface area is 187 Å². The molecule has 0 bridgehead atoms. The Balaban J connectivity index is 1.18. The summed E-state index contributed by atoms with van der Waals surface area (Å²) in [7, 11) is 1.69. The van der Waals surface area contributed by atoms with Crippen molar-refractivity contribution in [3.8, 4) is 17.0 Å². The molecule has 3 aromatic rings. The van der Waals surface area contributed by atoms with Crippen LogP contribution in [0.25, 0.3) is 11.3 Å². The van der Waals surface area contributed by atoms with E-state index in [1.54, 1.807) is 7.11 Å². The highest BCUT2D eigenvalue weighted by Gasteiger charge is 2.32. The van der Waals surface area contributed by atoms with Crippen LogP contribution in [0.2, 0.25) is 0 Å². The van der Waals surface area contributed by atoms with Gasteiger partial charge in [0.2, 0.25) is 0 Å². The Kier molecular flexibility index (Phi) is 5.83. The van der Waals surface area contributed by atoms with Crippen molar-refractivity contribution in [1.82, 2.24) is 14.7 Å².